The molecule has 1 unspecified atom stereocenters. The monoisotopic (exact) mass is 470 g/mol. The Hall–Kier alpha value is -2.19. The van der Waals surface area contributed by atoms with Crippen LogP contribution in [0.4, 0.5) is 5.82 Å². The van der Waals surface area contributed by atoms with Crippen LogP contribution in [0.15, 0.2) is 34.1 Å². The van der Waals surface area contributed by atoms with Gasteiger partial charge in [-0.05, 0) is 43.4 Å². The Kier molecular flexibility index (Phi) is 7.30. The number of carbonyl (C=O) groups excluding carboxylic acids is 1. The molecule has 2 saturated heterocycles. The molecule has 1 atom stereocenters. The molecule has 6 nitrogen and oxygen atoms in total. The SMILES string of the molecule is CCCCC(CC)CN1C(=O)/C(=C\c2c(N3CCCC3)nc3ccccn3c2=O)SC1=S. The van der Waals surface area contributed by atoms with Crippen LogP contribution in [0.2, 0.25) is 0 Å². The molecule has 2 aromatic heterocycles. The molecule has 0 radical (unpaired) electrons. The summed E-state index contributed by atoms with van der Waals surface area (Å²) in [6, 6.07) is 5.53. The summed E-state index contributed by atoms with van der Waals surface area (Å²) >= 11 is 6.85. The van der Waals surface area contributed by atoms with Crippen LogP contribution in [0.1, 0.15) is 57.9 Å². The van der Waals surface area contributed by atoms with Crippen LogP contribution in [0.25, 0.3) is 11.7 Å². The zero-order valence-corrected chi connectivity index (χ0v) is 20.4. The highest BCUT2D eigenvalue weighted by atomic mass is 32.2. The lowest BCUT2D eigenvalue weighted by Gasteiger charge is -2.22. The maximum Gasteiger partial charge on any atom is 0.267 e. The van der Waals surface area contributed by atoms with Gasteiger partial charge < -0.3 is 4.90 Å². The maximum atomic E-state index is 13.4. The van der Waals surface area contributed by atoms with Crippen LogP contribution in [0.5, 0.6) is 0 Å². The average molecular weight is 471 g/mol. The first-order valence-corrected chi connectivity index (χ1v) is 12.8. The Morgan fingerprint density at radius 3 is 2.72 bits per heavy atom. The van der Waals surface area contributed by atoms with E-state index >= 15 is 0 Å². The lowest BCUT2D eigenvalue weighted by molar-refractivity contribution is -0.122. The predicted octanol–water partition coefficient (Wildman–Crippen LogP) is 4.71. The fraction of sp³-hybridized carbons (Fsp3) is 0.500. The summed E-state index contributed by atoms with van der Waals surface area (Å²) in [5.74, 6) is 1.00. The molecule has 2 aliphatic rings. The minimum atomic E-state index is -0.155. The van der Waals surface area contributed by atoms with Crippen molar-refractivity contribution in [2.75, 3.05) is 24.5 Å². The van der Waals surface area contributed by atoms with Gasteiger partial charge in [0.15, 0.2) is 0 Å². The van der Waals surface area contributed by atoms with Gasteiger partial charge in [-0.3, -0.25) is 18.9 Å². The zero-order chi connectivity index (χ0) is 22.7. The van der Waals surface area contributed by atoms with Crippen LogP contribution in [0, 0.1) is 5.92 Å². The quantitative estimate of drug-likeness (QED) is 0.411. The number of aromatic nitrogens is 2. The van der Waals surface area contributed by atoms with Gasteiger partial charge in [-0.25, -0.2) is 4.98 Å². The predicted molar refractivity (Wildman–Crippen MR) is 136 cm³/mol. The number of hydrogen-bond donors (Lipinski definition) is 0. The molecule has 0 N–H and O–H groups in total. The number of anilines is 1. The first kappa shape index (κ1) is 23.0. The molecule has 170 valence electrons. The Labute approximate surface area is 198 Å². The molecule has 0 aliphatic carbocycles. The lowest BCUT2D eigenvalue weighted by Crippen LogP contribution is -2.33. The third-order valence-corrected chi connectivity index (χ3v) is 7.67. The molecule has 0 aromatic carbocycles. The van der Waals surface area contributed by atoms with Crippen molar-refractivity contribution in [1.82, 2.24) is 14.3 Å². The van der Waals surface area contributed by atoms with Crippen molar-refractivity contribution in [1.29, 1.82) is 0 Å². The number of rotatable bonds is 8. The fourth-order valence-corrected chi connectivity index (χ4v) is 5.61. The second-order valence-corrected chi connectivity index (χ2v) is 10.2. The van der Waals surface area contributed by atoms with E-state index in [2.05, 4.69) is 18.7 Å². The van der Waals surface area contributed by atoms with Gasteiger partial charge in [-0.1, -0.05) is 63.2 Å². The molecule has 4 heterocycles. The topological polar surface area (TPSA) is 57.9 Å². The molecule has 2 fully saturated rings. The first-order valence-electron chi connectivity index (χ1n) is 11.5. The molecule has 0 bridgehead atoms. The number of nitrogens with zero attached hydrogens (tertiary/aromatic N) is 4. The molecular formula is C24H30N4O2S2. The molecule has 4 rings (SSSR count). The number of fused-ring (bicyclic) bond motifs is 1. The van der Waals surface area contributed by atoms with Crippen molar-refractivity contribution in [3.63, 3.8) is 0 Å². The minimum Gasteiger partial charge on any atom is -0.356 e. The second-order valence-electron chi connectivity index (χ2n) is 8.49. The summed E-state index contributed by atoms with van der Waals surface area (Å²) < 4.78 is 2.12. The summed E-state index contributed by atoms with van der Waals surface area (Å²) in [5.41, 5.74) is 0.928. The largest absolute Gasteiger partial charge is 0.356 e. The highest BCUT2D eigenvalue weighted by Gasteiger charge is 2.34. The third kappa shape index (κ3) is 4.62. The first-order chi connectivity index (χ1) is 15.5. The van der Waals surface area contributed by atoms with E-state index in [0.29, 0.717) is 38.7 Å². The third-order valence-electron chi connectivity index (χ3n) is 6.29. The second kappa shape index (κ2) is 10.2. The van der Waals surface area contributed by atoms with E-state index in [9.17, 15) is 9.59 Å². The van der Waals surface area contributed by atoms with Gasteiger partial charge in [0.25, 0.3) is 11.5 Å². The minimum absolute atomic E-state index is 0.0973. The zero-order valence-electron chi connectivity index (χ0n) is 18.7. The molecule has 1 amide bonds. The van der Waals surface area contributed by atoms with Gasteiger partial charge in [0.2, 0.25) is 0 Å². The van der Waals surface area contributed by atoms with Crippen molar-refractivity contribution in [3.05, 3.63) is 45.2 Å². The molecule has 32 heavy (non-hydrogen) atoms. The van der Waals surface area contributed by atoms with E-state index in [4.69, 9.17) is 17.2 Å². The Morgan fingerprint density at radius 2 is 2.00 bits per heavy atom. The van der Waals surface area contributed by atoms with Gasteiger partial charge in [0.1, 0.15) is 15.8 Å². The molecule has 2 aliphatic heterocycles. The van der Waals surface area contributed by atoms with E-state index in [1.165, 1.54) is 11.8 Å². The van der Waals surface area contributed by atoms with Crippen LogP contribution < -0.4 is 10.5 Å². The number of hydrogen-bond acceptors (Lipinski definition) is 6. The van der Waals surface area contributed by atoms with Gasteiger partial charge in [-0.15, -0.1) is 0 Å². The molecule has 2 aromatic rings. The highest BCUT2D eigenvalue weighted by Crippen LogP contribution is 2.35. The number of pyridine rings is 1. The van der Waals surface area contributed by atoms with Crippen LogP contribution in [0.3, 0.4) is 0 Å². The average Bonchev–Trinajstić information content (AvgIpc) is 3.42. The van der Waals surface area contributed by atoms with Crippen LogP contribution >= 0.6 is 24.0 Å². The molecule has 0 saturated carbocycles. The number of amides is 1. The summed E-state index contributed by atoms with van der Waals surface area (Å²) in [6.45, 7) is 6.73. The van der Waals surface area contributed by atoms with Crippen molar-refractivity contribution >= 4 is 51.7 Å². The summed E-state index contributed by atoms with van der Waals surface area (Å²) in [7, 11) is 0. The summed E-state index contributed by atoms with van der Waals surface area (Å²) in [6.07, 6.45) is 10.0. The van der Waals surface area contributed by atoms with Crippen molar-refractivity contribution in [3.8, 4) is 0 Å². The Balaban J connectivity index is 1.70. The van der Waals surface area contributed by atoms with Gasteiger partial charge in [-0.2, -0.15) is 0 Å². The van der Waals surface area contributed by atoms with Gasteiger partial charge in [0, 0.05) is 25.8 Å². The van der Waals surface area contributed by atoms with E-state index < -0.39 is 0 Å². The van der Waals surface area contributed by atoms with E-state index in [-0.39, 0.29) is 11.5 Å². The van der Waals surface area contributed by atoms with Crippen LogP contribution in [-0.2, 0) is 4.79 Å². The lowest BCUT2D eigenvalue weighted by atomic mass is 9.99. The number of thioether (sulfide) groups is 1. The smallest absolute Gasteiger partial charge is 0.267 e. The Morgan fingerprint density at radius 1 is 1.22 bits per heavy atom. The molecule has 0 spiro atoms. The van der Waals surface area contributed by atoms with E-state index in [0.717, 1.165) is 51.6 Å². The molecular weight excluding hydrogens is 440 g/mol. The number of carbonyl (C=O) groups is 1. The van der Waals surface area contributed by atoms with Gasteiger partial charge >= 0.3 is 0 Å². The van der Waals surface area contributed by atoms with Crippen molar-refractivity contribution < 1.29 is 4.79 Å². The van der Waals surface area contributed by atoms with Crippen molar-refractivity contribution in [2.45, 2.75) is 52.4 Å². The summed E-state index contributed by atoms with van der Waals surface area (Å²) in [5, 5.41) is 0. The van der Waals surface area contributed by atoms with Crippen molar-refractivity contribution in [2.24, 2.45) is 5.92 Å². The number of thiocarbonyl (C=S) groups is 1. The van der Waals surface area contributed by atoms with E-state index in [1.54, 1.807) is 21.6 Å². The normalized spacial score (nSPS) is 19.0. The van der Waals surface area contributed by atoms with Gasteiger partial charge in [0.05, 0.1) is 10.5 Å². The standard InChI is InChI=1S/C24H30N4O2S2/c1-3-5-10-17(4-2)16-28-23(30)19(32-24(28)31)15-18-21(26-12-8-9-13-26)25-20-11-6-7-14-27(20)22(18)29/h6-7,11,14-15,17H,3-5,8-10,12-13,16H2,1-2H3/b19-15+. The van der Waals surface area contributed by atoms with E-state index in [1.807, 2.05) is 18.2 Å². The Bertz CT molecular complexity index is 1100. The highest BCUT2D eigenvalue weighted by molar-refractivity contribution is 8.26. The van der Waals surface area contributed by atoms with Crippen LogP contribution in [-0.4, -0.2) is 44.1 Å². The summed E-state index contributed by atoms with van der Waals surface area (Å²) in [4.78, 5) is 35.8. The fourth-order valence-electron chi connectivity index (χ4n) is 4.35. The maximum absolute atomic E-state index is 13.4. The number of unbranched alkanes of at least 4 members (excludes halogenated alkanes) is 1. The molecule has 8 heteroatoms.